The van der Waals surface area contributed by atoms with Crippen LogP contribution in [0.1, 0.15) is 19.4 Å². The van der Waals surface area contributed by atoms with E-state index in [9.17, 15) is 4.79 Å². The van der Waals surface area contributed by atoms with E-state index < -0.39 is 5.41 Å². The van der Waals surface area contributed by atoms with Gasteiger partial charge in [0.15, 0.2) is 0 Å². The topological polar surface area (TPSA) is 47.9 Å². The summed E-state index contributed by atoms with van der Waals surface area (Å²) in [7, 11) is 1.34. The summed E-state index contributed by atoms with van der Waals surface area (Å²) in [5.41, 5.74) is 0.0297. The fourth-order valence-electron chi connectivity index (χ4n) is 1.21. The van der Waals surface area contributed by atoms with E-state index in [0.29, 0.717) is 5.02 Å². The molecule has 4 nitrogen and oxygen atoms in total. The van der Waals surface area contributed by atoms with Gasteiger partial charge in [-0.05, 0) is 19.9 Å². The predicted molar refractivity (Wildman–Crippen MR) is 70.8 cm³/mol. The molecule has 1 aromatic carbocycles. The zero-order chi connectivity index (χ0) is 13.6. The van der Waals surface area contributed by atoms with Gasteiger partial charge in [-0.2, -0.15) is 0 Å². The van der Waals surface area contributed by atoms with Crippen molar-refractivity contribution in [2.45, 2.75) is 13.8 Å². The van der Waals surface area contributed by atoms with Crippen molar-refractivity contribution < 1.29 is 14.4 Å². The third-order valence-electron chi connectivity index (χ3n) is 2.33. The van der Waals surface area contributed by atoms with Gasteiger partial charge in [-0.1, -0.05) is 35.0 Å². The molecule has 0 heterocycles. The summed E-state index contributed by atoms with van der Waals surface area (Å²) in [5, 5.41) is 4.38. The molecular weight excluding hydrogens is 254 g/mol. The van der Waals surface area contributed by atoms with Gasteiger partial charge < -0.3 is 9.57 Å². The lowest BCUT2D eigenvalue weighted by molar-refractivity contribution is -0.154. The van der Waals surface area contributed by atoms with E-state index in [1.807, 2.05) is 18.2 Å². The lowest BCUT2D eigenvalue weighted by Gasteiger charge is -2.19. The number of carbonyl (C=O) groups excluding carboxylic acids is 1. The summed E-state index contributed by atoms with van der Waals surface area (Å²) in [5.74, 6) is -0.338. The van der Waals surface area contributed by atoms with Crippen molar-refractivity contribution in [3.63, 3.8) is 0 Å². The van der Waals surface area contributed by atoms with Gasteiger partial charge in [0.25, 0.3) is 0 Å². The Kier molecular flexibility index (Phi) is 5.16. The van der Waals surface area contributed by atoms with Crippen LogP contribution < -0.4 is 0 Å². The lowest BCUT2D eigenvalue weighted by Crippen LogP contribution is -2.30. The van der Waals surface area contributed by atoms with Crippen LogP contribution in [0.5, 0.6) is 0 Å². The second-order valence-electron chi connectivity index (χ2n) is 4.40. The molecule has 0 spiro atoms. The van der Waals surface area contributed by atoms with Crippen molar-refractivity contribution in [1.82, 2.24) is 0 Å². The molecule has 98 valence electrons. The van der Waals surface area contributed by atoms with Crippen LogP contribution in [0.25, 0.3) is 0 Å². The number of esters is 1. The van der Waals surface area contributed by atoms with E-state index in [2.05, 4.69) is 9.89 Å². The van der Waals surface area contributed by atoms with Crippen LogP contribution in [-0.2, 0) is 14.4 Å². The van der Waals surface area contributed by atoms with Gasteiger partial charge in [0.05, 0.1) is 18.7 Å². The second kappa shape index (κ2) is 6.40. The Hall–Kier alpha value is -1.55. The molecular formula is C13H16ClNO3. The Balaban J connectivity index is 2.52. The molecule has 0 aliphatic heterocycles. The maximum Gasteiger partial charge on any atom is 0.314 e. The van der Waals surface area contributed by atoms with Crippen molar-refractivity contribution >= 4 is 23.8 Å². The fourth-order valence-corrected chi connectivity index (χ4v) is 1.39. The molecule has 0 fully saturated rings. The first-order valence-electron chi connectivity index (χ1n) is 5.45. The van der Waals surface area contributed by atoms with Gasteiger partial charge in [0, 0.05) is 10.6 Å². The molecule has 0 radical (unpaired) electrons. The predicted octanol–water partition coefficient (Wildman–Crippen LogP) is 2.89. The lowest BCUT2D eigenvalue weighted by atomic mass is 9.95. The molecule has 0 aromatic heterocycles. The maximum absolute atomic E-state index is 11.4. The van der Waals surface area contributed by atoms with Crippen LogP contribution in [0.15, 0.2) is 29.4 Å². The molecule has 18 heavy (non-hydrogen) atoms. The molecule has 1 rings (SSSR count). The van der Waals surface area contributed by atoms with Gasteiger partial charge in [-0.3, -0.25) is 4.79 Å². The summed E-state index contributed by atoms with van der Waals surface area (Å²) >= 11 is 5.95. The van der Waals surface area contributed by atoms with E-state index in [4.69, 9.17) is 16.4 Å². The summed E-state index contributed by atoms with van der Waals surface area (Å²) in [6.45, 7) is 3.59. The van der Waals surface area contributed by atoms with Gasteiger partial charge in [0.2, 0.25) is 0 Å². The van der Waals surface area contributed by atoms with Crippen molar-refractivity contribution in [2.24, 2.45) is 10.6 Å². The third kappa shape index (κ3) is 4.04. The Morgan fingerprint density at radius 3 is 2.72 bits per heavy atom. The van der Waals surface area contributed by atoms with Gasteiger partial charge in [0.1, 0.15) is 6.61 Å². The molecule has 0 aliphatic carbocycles. The number of halogens is 1. The molecule has 5 heteroatoms. The minimum absolute atomic E-state index is 0.140. The van der Waals surface area contributed by atoms with Gasteiger partial charge in [-0.15, -0.1) is 0 Å². The Morgan fingerprint density at radius 2 is 2.11 bits per heavy atom. The number of hydrogen-bond donors (Lipinski definition) is 0. The first-order valence-corrected chi connectivity index (χ1v) is 5.83. The number of nitrogens with zero attached hydrogens (tertiary/aromatic N) is 1. The largest absolute Gasteiger partial charge is 0.469 e. The molecule has 0 atom stereocenters. The highest BCUT2D eigenvalue weighted by atomic mass is 35.5. The first kappa shape index (κ1) is 14.5. The molecule has 0 saturated carbocycles. The average Bonchev–Trinajstić information content (AvgIpc) is 2.35. The monoisotopic (exact) mass is 269 g/mol. The summed E-state index contributed by atoms with van der Waals surface area (Å²) < 4.78 is 4.66. The second-order valence-corrected chi connectivity index (χ2v) is 4.81. The Labute approximate surface area is 112 Å². The number of rotatable bonds is 5. The smallest absolute Gasteiger partial charge is 0.314 e. The Bertz CT molecular complexity index is 444. The number of oxime groups is 1. The summed E-state index contributed by atoms with van der Waals surface area (Å²) in [4.78, 5) is 16.5. The number of methoxy groups -OCH3 is 1. The number of benzene rings is 1. The quantitative estimate of drug-likeness (QED) is 0.469. The number of ether oxygens (including phenoxy) is 1. The van der Waals surface area contributed by atoms with Crippen molar-refractivity contribution in [3.8, 4) is 0 Å². The first-order chi connectivity index (χ1) is 8.47. The SMILES string of the molecule is COC(=O)C(C)(C)CO/N=C/c1ccccc1Cl. The van der Waals surface area contributed by atoms with E-state index >= 15 is 0 Å². The zero-order valence-corrected chi connectivity index (χ0v) is 11.4. The van der Waals surface area contributed by atoms with E-state index in [1.54, 1.807) is 19.9 Å². The van der Waals surface area contributed by atoms with E-state index in [1.165, 1.54) is 13.3 Å². The van der Waals surface area contributed by atoms with E-state index in [0.717, 1.165) is 5.56 Å². The zero-order valence-electron chi connectivity index (χ0n) is 10.6. The van der Waals surface area contributed by atoms with Crippen LogP contribution in [0, 0.1) is 5.41 Å². The maximum atomic E-state index is 11.4. The molecule has 0 unspecified atom stereocenters. The van der Waals surface area contributed by atoms with Crippen LogP contribution in [0.2, 0.25) is 5.02 Å². The number of hydrogen-bond acceptors (Lipinski definition) is 4. The van der Waals surface area contributed by atoms with Crippen LogP contribution in [0.4, 0.5) is 0 Å². The molecule has 0 N–H and O–H groups in total. The number of carbonyl (C=O) groups is 1. The highest BCUT2D eigenvalue weighted by Crippen LogP contribution is 2.17. The molecule has 0 amide bonds. The van der Waals surface area contributed by atoms with Crippen LogP contribution in [0.3, 0.4) is 0 Å². The highest BCUT2D eigenvalue weighted by Gasteiger charge is 2.29. The van der Waals surface area contributed by atoms with Crippen molar-refractivity contribution in [3.05, 3.63) is 34.9 Å². The van der Waals surface area contributed by atoms with Gasteiger partial charge >= 0.3 is 5.97 Å². The van der Waals surface area contributed by atoms with Crippen molar-refractivity contribution in [1.29, 1.82) is 0 Å². The van der Waals surface area contributed by atoms with Crippen LogP contribution in [-0.4, -0.2) is 25.9 Å². The third-order valence-corrected chi connectivity index (χ3v) is 2.68. The normalized spacial score (nSPS) is 11.6. The molecule has 1 aromatic rings. The summed E-state index contributed by atoms with van der Waals surface area (Å²) in [6.07, 6.45) is 1.51. The minimum atomic E-state index is -0.730. The average molecular weight is 270 g/mol. The van der Waals surface area contributed by atoms with Crippen LogP contribution >= 0.6 is 11.6 Å². The Morgan fingerprint density at radius 1 is 1.44 bits per heavy atom. The standard InChI is InChI=1S/C13H16ClNO3/c1-13(2,12(16)17-3)9-18-15-8-10-6-4-5-7-11(10)14/h4-8H,9H2,1-3H3/b15-8+. The summed E-state index contributed by atoms with van der Waals surface area (Å²) in [6, 6.07) is 7.27. The van der Waals surface area contributed by atoms with Gasteiger partial charge in [-0.25, -0.2) is 0 Å². The fraction of sp³-hybridized carbons (Fsp3) is 0.385. The molecule has 0 aliphatic rings. The van der Waals surface area contributed by atoms with Crippen molar-refractivity contribution in [2.75, 3.05) is 13.7 Å². The highest BCUT2D eigenvalue weighted by molar-refractivity contribution is 6.33. The minimum Gasteiger partial charge on any atom is -0.469 e. The van der Waals surface area contributed by atoms with E-state index in [-0.39, 0.29) is 12.6 Å². The molecule has 0 saturated heterocycles. The molecule has 0 bridgehead atoms.